The molecule has 0 aliphatic rings. The van der Waals surface area contributed by atoms with Crippen LogP contribution >= 0.6 is 15.9 Å². The molecule has 1 atom stereocenters. The van der Waals surface area contributed by atoms with E-state index in [-0.39, 0.29) is 13.2 Å². The summed E-state index contributed by atoms with van der Waals surface area (Å²) < 4.78 is 30.7. The van der Waals surface area contributed by atoms with Gasteiger partial charge in [0.05, 0.1) is 6.61 Å². The van der Waals surface area contributed by atoms with Crippen LogP contribution in [0.2, 0.25) is 0 Å². The van der Waals surface area contributed by atoms with Gasteiger partial charge in [0.25, 0.3) is 0 Å². The molecule has 0 aromatic carbocycles. The van der Waals surface area contributed by atoms with Gasteiger partial charge < -0.3 is 9.84 Å². The zero-order valence-corrected chi connectivity index (χ0v) is 10.8. The number of unbranched alkanes of at least 4 members (excludes halogenated alkanes) is 1. The SMILES string of the molecule is CCOC(=O)C(F)(F)C[C@@H](Br)CCCCO. The molecule has 0 rings (SSSR count). The van der Waals surface area contributed by atoms with Crippen LogP contribution in [-0.2, 0) is 9.53 Å². The summed E-state index contributed by atoms with van der Waals surface area (Å²) in [7, 11) is 0. The molecule has 0 fully saturated rings. The number of aliphatic hydroxyl groups excluding tert-OH is 1. The molecule has 6 heteroatoms. The molecule has 0 saturated carbocycles. The lowest BCUT2D eigenvalue weighted by molar-refractivity contribution is -0.172. The normalized spacial score (nSPS) is 13.6. The van der Waals surface area contributed by atoms with Gasteiger partial charge in [-0.15, -0.1) is 0 Å². The largest absolute Gasteiger partial charge is 0.462 e. The Bertz CT molecular complexity index is 212. The van der Waals surface area contributed by atoms with E-state index < -0.39 is 23.1 Å². The van der Waals surface area contributed by atoms with Crippen molar-refractivity contribution in [2.75, 3.05) is 13.2 Å². The summed E-state index contributed by atoms with van der Waals surface area (Å²) in [5, 5.41) is 8.53. The fourth-order valence-electron chi connectivity index (χ4n) is 1.18. The topological polar surface area (TPSA) is 46.5 Å². The molecule has 0 bridgehead atoms. The number of rotatable bonds is 8. The van der Waals surface area contributed by atoms with Crippen LogP contribution in [0.15, 0.2) is 0 Å². The first kappa shape index (κ1) is 15.8. The van der Waals surface area contributed by atoms with E-state index in [0.29, 0.717) is 19.3 Å². The van der Waals surface area contributed by atoms with Crippen molar-refractivity contribution >= 4 is 21.9 Å². The van der Waals surface area contributed by atoms with E-state index in [1.54, 1.807) is 0 Å². The molecular formula is C10H17BrF2O3. The van der Waals surface area contributed by atoms with Crippen LogP contribution in [0.4, 0.5) is 8.78 Å². The molecule has 0 aliphatic carbocycles. The molecule has 0 aliphatic heterocycles. The zero-order chi connectivity index (χ0) is 12.6. The van der Waals surface area contributed by atoms with Crippen LogP contribution < -0.4 is 0 Å². The van der Waals surface area contributed by atoms with Gasteiger partial charge in [-0.3, -0.25) is 0 Å². The fourth-order valence-corrected chi connectivity index (χ4v) is 1.91. The summed E-state index contributed by atoms with van der Waals surface area (Å²) in [5.74, 6) is -4.91. The monoisotopic (exact) mass is 302 g/mol. The molecule has 0 radical (unpaired) electrons. The summed E-state index contributed by atoms with van der Waals surface area (Å²) in [4.78, 5) is 10.5. The van der Waals surface area contributed by atoms with Crippen molar-refractivity contribution in [2.45, 2.75) is 43.4 Å². The van der Waals surface area contributed by atoms with Crippen molar-refractivity contribution in [1.29, 1.82) is 0 Å². The Morgan fingerprint density at radius 1 is 1.50 bits per heavy atom. The minimum atomic E-state index is -3.44. The van der Waals surface area contributed by atoms with Crippen molar-refractivity contribution in [3.8, 4) is 0 Å². The minimum absolute atomic E-state index is 0.0496. The van der Waals surface area contributed by atoms with Gasteiger partial charge in [-0.25, -0.2) is 4.79 Å². The molecule has 1 N–H and O–H groups in total. The molecule has 3 nitrogen and oxygen atoms in total. The predicted molar refractivity (Wildman–Crippen MR) is 59.8 cm³/mol. The van der Waals surface area contributed by atoms with Crippen molar-refractivity contribution in [3.63, 3.8) is 0 Å². The summed E-state index contributed by atoms with van der Waals surface area (Å²) in [5.41, 5.74) is 0. The highest BCUT2D eigenvalue weighted by atomic mass is 79.9. The quantitative estimate of drug-likeness (QED) is 0.426. The fraction of sp³-hybridized carbons (Fsp3) is 0.900. The first-order chi connectivity index (χ1) is 7.44. The molecule has 0 heterocycles. The maximum absolute atomic E-state index is 13.2. The van der Waals surface area contributed by atoms with E-state index in [4.69, 9.17) is 5.11 Å². The van der Waals surface area contributed by atoms with Crippen molar-refractivity contribution in [1.82, 2.24) is 0 Å². The Morgan fingerprint density at radius 2 is 2.12 bits per heavy atom. The van der Waals surface area contributed by atoms with Crippen LogP contribution in [0.5, 0.6) is 0 Å². The maximum Gasteiger partial charge on any atom is 0.377 e. The summed E-state index contributed by atoms with van der Waals surface area (Å²) in [6.07, 6.45) is 1.14. The molecule has 0 saturated heterocycles. The van der Waals surface area contributed by atoms with Crippen LogP contribution in [0, 0.1) is 0 Å². The van der Waals surface area contributed by atoms with Crippen molar-refractivity contribution in [3.05, 3.63) is 0 Å². The van der Waals surface area contributed by atoms with E-state index >= 15 is 0 Å². The molecule has 16 heavy (non-hydrogen) atoms. The van der Waals surface area contributed by atoms with E-state index in [1.165, 1.54) is 6.92 Å². The second kappa shape index (κ2) is 7.95. The number of carbonyl (C=O) groups is 1. The molecule has 0 amide bonds. The van der Waals surface area contributed by atoms with Crippen molar-refractivity contribution < 1.29 is 23.4 Å². The maximum atomic E-state index is 13.2. The molecular weight excluding hydrogens is 286 g/mol. The van der Waals surface area contributed by atoms with E-state index in [0.717, 1.165) is 0 Å². The third kappa shape index (κ3) is 6.37. The average Bonchev–Trinajstić information content (AvgIpc) is 2.17. The van der Waals surface area contributed by atoms with Crippen molar-refractivity contribution in [2.24, 2.45) is 0 Å². The highest BCUT2D eigenvalue weighted by Crippen LogP contribution is 2.28. The lowest BCUT2D eigenvalue weighted by Crippen LogP contribution is -2.33. The van der Waals surface area contributed by atoms with Gasteiger partial charge in [-0.05, 0) is 19.8 Å². The van der Waals surface area contributed by atoms with Gasteiger partial charge in [0.1, 0.15) is 0 Å². The minimum Gasteiger partial charge on any atom is -0.462 e. The van der Waals surface area contributed by atoms with Gasteiger partial charge in [-0.2, -0.15) is 8.78 Å². The number of hydrogen-bond acceptors (Lipinski definition) is 3. The molecule has 0 aromatic rings. The lowest BCUT2D eigenvalue weighted by atomic mass is 10.1. The third-order valence-corrected chi connectivity index (χ3v) is 2.76. The number of halogens is 3. The molecule has 0 aromatic heterocycles. The van der Waals surface area contributed by atoms with Crippen LogP contribution in [0.25, 0.3) is 0 Å². The summed E-state index contributed by atoms with van der Waals surface area (Å²) >= 11 is 3.09. The first-order valence-electron chi connectivity index (χ1n) is 5.24. The van der Waals surface area contributed by atoms with E-state index in [1.807, 2.05) is 0 Å². The second-order valence-corrected chi connectivity index (χ2v) is 4.74. The van der Waals surface area contributed by atoms with Gasteiger partial charge in [0.2, 0.25) is 0 Å². The number of alkyl halides is 3. The Kier molecular flexibility index (Phi) is 7.83. The number of esters is 1. The number of aliphatic hydroxyl groups is 1. The van der Waals surface area contributed by atoms with E-state index in [2.05, 4.69) is 20.7 Å². The highest BCUT2D eigenvalue weighted by Gasteiger charge is 2.41. The Balaban J connectivity index is 3.98. The number of hydrogen-bond donors (Lipinski definition) is 1. The third-order valence-electron chi connectivity index (χ3n) is 1.98. The summed E-state index contributed by atoms with van der Waals surface area (Å²) in [6, 6.07) is 0. The second-order valence-electron chi connectivity index (χ2n) is 3.45. The zero-order valence-electron chi connectivity index (χ0n) is 9.22. The lowest BCUT2D eigenvalue weighted by Gasteiger charge is -2.17. The summed E-state index contributed by atoms with van der Waals surface area (Å²) in [6.45, 7) is 1.49. The van der Waals surface area contributed by atoms with Crippen LogP contribution in [-0.4, -0.2) is 35.0 Å². The Hall–Kier alpha value is -0.230. The Morgan fingerprint density at radius 3 is 2.62 bits per heavy atom. The van der Waals surface area contributed by atoms with E-state index in [9.17, 15) is 13.6 Å². The number of carbonyl (C=O) groups excluding carboxylic acids is 1. The molecule has 0 spiro atoms. The predicted octanol–water partition coefficient (Wildman–Crippen LogP) is 2.50. The van der Waals surface area contributed by atoms with Gasteiger partial charge >= 0.3 is 11.9 Å². The first-order valence-corrected chi connectivity index (χ1v) is 6.15. The van der Waals surface area contributed by atoms with Gasteiger partial charge in [-0.1, -0.05) is 22.4 Å². The number of ether oxygens (including phenoxy) is 1. The standard InChI is InChI=1S/C10H17BrF2O3/c1-2-16-9(15)10(12,13)7-8(11)5-3-4-6-14/h8,14H,2-7H2,1H3/t8-/m0/s1. The van der Waals surface area contributed by atoms with Crippen LogP contribution in [0.1, 0.15) is 32.6 Å². The van der Waals surface area contributed by atoms with Gasteiger partial charge in [0.15, 0.2) is 0 Å². The molecule has 96 valence electrons. The highest BCUT2D eigenvalue weighted by molar-refractivity contribution is 9.09. The Labute approximate surface area is 102 Å². The smallest absolute Gasteiger partial charge is 0.377 e. The molecule has 0 unspecified atom stereocenters. The van der Waals surface area contributed by atoms with Crippen LogP contribution in [0.3, 0.4) is 0 Å². The average molecular weight is 303 g/mol. The van der Waals surface area contributed by atoms with Gasteiger partial charge in [0, 0.05) is 17.9 Å².